The van der Waals surface area contributed by atoms with Crippen molar-refractivity contribution in [2.75, 3.05) is 26.2 Å². The molecule has 1 aliphatic carbocycles. The first kappa shape index (κ1) is 20.9. The normalized spacial score (nSPS) is 21.4. The number of likely N-dealkylation sites (tertiary alicyclic amines) is 1. The number of imide groups is 1. The maximum Gasteiger partial charge on any atom is 0.327 e. The number of aromatic nitrogens is 2. The Morgan fingerprint density at radius 1 is 1.23 bits per heavy atom. The highest BCUT2D eigenvalue weighted by Gasteiger charge is 2.58. The molecule has 0 atom stereocenters. The van der Waals surface area contributed by atoms with Crippen molar-refractivity contribution in [2.24, 2.45) is 11.8 Å². The third-order valence-corrected chi connectivity index (χ3v) is 6.74. The summed E-state index contributed by atoms with van der Waals surface area (Å²) in [6, 6.07) is -0.129. The quantitative estimate of drug-likeness (QED) is 0.640. The zero-order valence-electron chi connectivity index (χ0n) is 18.3. The minimum absolute atomic E-state index is 0.0406. The van der Waals surface area contributed by atoms with E-state index in [4.69, 9.17) is 0 Å². The Kier molecular flexibility index (Phi) is 5.59. The van der Waals surface area contributed by atoms with Crippen molar-refractivity contribution >= 4 is 17.8 Å². The molecule has 1 saturated carbocycles. The van der Waals surface area contributed by atoms with Crippen LogP contribution in [0.15, 0.2) is 12.4 Å². The average molecular weight is 416 g/mol. The van der Waals surface area contributed by atoms with Crippen LogP contribution in [0.25, 0.3) is 0 Å². The van der Waals surface area contributed by atoms with E-state index >= 15 is 0 Å². The standard InChI is InChI=1S/C22H33N5O3/c1-16(2)14-27-21(30)26(15-18-4-5-18)20(29)22(27)7-11-25(12-8-22)19(28)6-10-24-13-9-23-17(24)3/h9,13,16,18H,4-8,10-12,14-15H2,1-3H3. The molecular formula is C22H33N5O3. The number of amides is 4. The summed E-state index contributed by atoms with van der Waals surface area (Å²) in [5, 5.41) is 0. The van der Waals surface area contributed by atoms with Crippen LogP contribution in [0.3, 0.4) is 0 Å². The predicted octanol–water partition coefficient (Wildman–Crippen LogP) is 2.27. The molecule has 1 spiro atoms. The van der Waals surface area contributed by atoms with Crippen molar-refractivity contribution < 1.29 is 14.4 Å². The molecule has 3 fully saturated rings. The number of rotatable bonds is 7. The van der Waals surface area contributed by atoms with E-state index in [0.717, 1.165) is 18.7 Å². The number of carbonyl (C=O) groups is 3. The Bertz CT molecular complexity index is 820. The fourth-order valence-electron chi connectivity index (χ4n) is 4.74. The number of hydrogen-bond donors (Lipinski definition) is 0. The van der Waals surface area contributed by atoms with Gasteiger partial charge >= 0.3 is 6.03 Å². The molecule has 2 saturated heterocycles. The summed E-state index contributed by atoms with van der Waals surface area (Å²) in [4.78, 5) is 48.6. The van der Waals surface area contributed by atoms with E-state index in [-0.39, 0.29) is 23.8 Å². The van der Waals surface area contributed by atoms with Crippen molar-refractivity contribution in [1.82, 2.24) is 24.3 Å². The maximum atomic E-state index is 13.4. The molecule has 0 unspecified atom stereocenters. The van der Waals surface area contributed by atoms with Crippen LogP contribution in [0.5, 0.6) is 0 Å². The van der Waals surface area contributed by atoms with Crippen LogP contribution in [0, 0.1) is 18.8 Å². The van der Waals surface area contributed by atoms with Gasteiger partial charge in [-0.3, -0.25) is 14.5 Å². The Labute approximate surface area is 178 Å². The lowest BCUT2D eigenvalue weighted by atomic mass is 9.85. The summed E-state index contributed by atoms with van der Waals surface area (Å²) < 4.78 is 1.97. The molecule has 1 aromatic rings. The molecule has 0 radical (unpaired) electrons. The lowest BCUT2D eigenvalue weighted by molar-refractivity contribution is -0.141. The molecule has 0 bridgehead atoms. The first-order valence-corrected chi connectivity index (χ1v) is 11.2. The minimum atomic E-state index is -0.770. The van der Waals surface area contributed by atoms with Crippen molar-refractivity contribution in [3.63, 3.8) is 0 Å². The molecule has 0 N–H and O–H groups in total. The molecule has 4 rings (SSSR count). The Morgan fingerprint density at radius 2 is 1.93 bits per heavy atom. The van der Waals surface area contributed by atoms with Gasteiger partial charge in [0, 0.05) is 51.5 Å². The zero-order valence-corrected chi connectivity index (χ0v) is 18.3. The van der Waals surface area contributed by atoms with Gasteiger partial charge in [-0.25, -0.2) is 9.78 Å². The van der Waals surface area contributed by atoms with Crippen molar-refractivity contribution in [1.29, 1.82) is 0 Å². The molecule has 3 aliphatic rings. The highest BCUT2D eigenvalue weighted by Crippen LogP contribution is 2.40. The topological polar surface area (TPSA) is 78.8 Å². The Hall–Kier alpha value is -2.38. The van der Waals surface area contributed by atoms with Crippen LogP contribution in [0.2, 0.25) is 0 Å². The molecule has 164 valence electrons. The van der Waals surface area contributed by atoms with E-state index in [0.29, 0.717) is 57.9 Å². The van der Waals surface area contributed by atoms with Crippen molar-refractivity contribution in [2.45, 2.75) is 65.0 Å². The van der Waals surface area contributed by atoms with Crippen LogP contribution in [-0.4, -0.2) is 73.8 Å². The molecule has 0 aromatic carbocycles. The summed E-state index contributed by atoms with van der Waals surface area (Å²) in [6.45, 7) is 8.87. The highest BCUT2D eigenvalue weighted by molar-refractivity contribution is 6.07. The molecule has 8 heteroatoms. The molecule has 8 nitrogen and oxygen atoms in total. The second kappa shape index (κ2) is 8.04. The molecule has 30 heavy (non-hydrogen) atoms. The maximum absolute atomic E-state index is 13.4. The number of piperidine rings is 1. The molecule has 4 amide bonds. The van der Waals surface area contributed by atoms with Gasteiger partial charge in [0.05, 0.1) is 0 Å². The SMILES string of the molecule is Cc1nccn1CCC(=O)N1CCC2(CC1)C(=O)N(CC1CC1)C(=O)N2CC(C)C. The van der Waals surface area contributed by atoms with Crippen LogP contribution >= 0.6 is 0 Å². The van der Waals surface area contributed by atoms with Gasteiger partial charge in [0.25, 0.3) is 5.91 Å². The largest absolute Gasteiger partial charge is 0.342 e. The summed E-state index contributed by atoms with van der Waals surface area (Å²) in [6.07, 6.45) is 7.31. The lowest BCUT2D eigenvalue weighted by Crippen LogP contribution is -2.58. The van der Waals surface area contributed by atoms with E-state index in [2.05, 4.69) is 18.8 Å². The van der Waals surface area contributed by atoms with E-state index in [1.165, 1.54) is 4.90 Å². The number of hydrogen-bond acceptors (Lipinski definition) is 4. The second-order valence-electron chi connectivity index (χ2n) is 9.48. The molecule has 3 heterocycles. The van der Waals surface area contributed by atoms with Crippen LogP contribution in [0.1, 0.15) is 51.8 Å². The third kappa shape index (κ3) is 3.84. The monoisotopic (exact) mass is 415 g/mol. The van der Waals surface area contributed by atoms with Crippen LogP contribution in [0.4, 0.5) is 4.79 Å². The zero-order chi connectivity index (χ0) is 21.5. The first-order valence-electron chi connectivity index (χ1n) is 11.2. The van der Waals surface area contributed by atoms with Crippen molar-refractivity contribution in [3.8, 4) is 0 Å². The van der Waals surface area contributed by atoms with E-state index < -0.39 is 5.54 Å². The third-order valence-electron chi connectivity index (χ3n) is 6.74. The molecule has 2 aliphatic heterocycles. The lowest BCUT2D eigenvalue weighted by Gasteiger charge is -2.42. The summed E-state index contributed by atoms with van der Waals surface area (Å²) in [7, 11) is 0. The van der Waals surface area contributed by atoms with E-state index in [1.54, 1.807) is 6.20 Å². The molecule has 1 aromatic heterocycles. The van der Waals surface area contributed by atoms with Gasteiger partial charge in [0.15, 0.2) is 0 Å². The summed E-state index contributed by atoms with van der Waals surface area (Å²) in [5.74, 6) is 1.72. The van der Waals surface area contributed by atoms with Gasteiger partial charge in [-0.15, -0.1) is 0 Å². The Balaban J connectivity index is 1.42. The fraction of sp³-hybridized carbons (Fsp3) is 0.727. The highest BCUT2D eigenvalue weighted by atomic mass is 16.2. The number of imidazole rings is 1. The van der Waals surface area contributed by atoms with Gasteiger partial charge in [0.1, 0.15) is 11.4 Å². The summed E-state index contributed by atoms with van der Waals surface area (Å²) in [5.41, 5.74) is -0.770. The van der Waals surface area contributed by atoms with Gasteiger partial charge < -0.3 is 14.4 Å². The fourth-order valence-corrected chi connectivity index (χ4v) is 4.74. The second-order valence-corrected chi connectivity index (χ2v) is 9.48. The number of urea groups is 1. The Morgan fingerprint density at radius 3 is 2.50 bits per heavy atom. The van der Waals surface area contributed by atoms with E-state index in [9.17, 15) is 14.4 Å². The van der Waals surface area contributed by atoms with Gasteiger partial charge in [0.2, 0.25) is 5.91 Å². The van der Waals surface area contributed by atoms with Gasteiger partial charge in [-0.2, -0.15) is 0 Å². The first-order chi connectivity index (χ1) is 14.3. The minimum Gasteiger partial charge on any atom is -0.342 e. The smallest absolute Gasteiger partial charge is 0.327 e. The van der Waals surface area contributed by atoms with E-state index in [1.807, 2.05) is 27.5 Å². The van der Waals surface area contributed by atoms with Gasteiger partial charge in [-0.05, 0) is 44.4 Å². The predicted molar refractivity (Wildman–Crippen MR) is 112 cm³/mol. The number of carbonyl (C=O) groups excluding carboxylic acids is 3. The van der Waals surface area contributed by atoms with Crippen LogP contribution in [-0.2, 0) is 16.1 Å². The number of nitrogens with zero attached hydrogens (tertiary/aromatic N) is 5. The summed E-state index contributed by atoms with van der Waals surface area (Å²) >= 11 is 0. The molecular weight excluding hydrogens is 382 g/mol. The number of aryl methyl sites for hydroxylation is 2. The van der Waals surface area contributed by atoms with Gasteiger partial charge in [-0.1, -0.05) is 13.8 Å². The average Bonchev–Trinajstić information content (AvgIpc) is 3.43. The van der Waals surface area contributed by atoms with Crippen LogP contribution < -0.4 is 0 Å². The van der Waals surface area contributed by atoms with Crippen molar-refractivity contribution in [3.05, 3.63) is 18.2 Å².